The van der Waals surface area contributed by atoms with Gasteiger partial charge in [0.05, 0.1) is 0 Å². The van der Waals surface area contributed by atoms with Crippen LogP contribution in [0.2, 0.25) is 5.02 Å². The number of aliphatic imine (C=N–C) groups is 1. The van der Waals surface area contributed by atoms with Gasteiger partial charge in [0.2, 0.25) is 0 Å². The van der Waals surface area contributed by atoms with E-state index in [0.717, 1.165) is 29.8 Å². The fraction of sp³-hybridized carbons (Fsp3) is 0.562. The van der Waals surface area contributed by atoms with E-state index in [9.17, 15) is 0 Å². The topological polar surface area (TPSA) is 39.7 Å². The first-order valence-electron chi connectivity index (χ1n) is 7.72. The minimum Gasteiger partial charge on any atom is -0.356 e. The Morgan fingerprint density at radius 1 is 1.36 bits per heavy atom. The first-order valence-corrected chi connectivity index (χ1v) is 9.08. The van der Waals surface area contributed by atoms with Crippen LogP contribution in [0.3, 0.4) is 0 Å². The van der Waals surface area contributed by atoms with E-state index < -0.39 is 0 Å². The van der Waals surface area contributed by atoms with Crippen molar-refractivity contribution in [2.45, 2.75) is 23.8 Å². The Morgan fingerprint density at radius 3 is 2.77 bits per heavy atom. The maximum Gasteiger partial charge on any atom is 0.191 e. The van der Waals surface area contributed by atoms with E-state index in [0.29, 0.717) is 6.04 Å². The fourth-order valence-electron chi connectivity index (χ4n) is 2.54. The lowest BCUT2D eigenvalue weighted by Crippen LogP contribution is -2.44. The largest absolute Gasteiger partial charge is 0.356 e. The molecule has 1 atom stereocenters. The molecule has 1 unspecified atom stereocenters. The average Bonchev–Trinajstić information content (AvgIpc) is 2.93. The number of nitrogens with one attached hydrogen (secondary N) is 2. The van der Waals surface area contributed by atoms with Gasteiger partial charge in [-0.1, -0.05) is 11.6 Å². The zero-order valence-electron chi connectivity index (χ0n) is 13.3. The Bertz CT molecular complexity index is 478. The molecule has 0 spiro atoms. The SMILES string of the molecule is CN=C(NCCSc1ccc(Cl)cc1)NCC1CCCN1C. The number of rotatable bonds is 6. The number of likely N-dealkylation sites (tertiary alicyclic amines) is 1. The van der Waals surface area contributed by atoms with Crippen molar-refractivity contribution in [1.82, 2.24) is 15.5 Å². The second kappa shape index (κ2) is 9.28. The van der Waals surface area contributed by atoms with Crippen LogP contribution < -0.4 is 10.6 Å². The molecule has 122 valence electrons. The molecule has 1 fully saturated rings. The molecule has 4 nitrogen and oxygen atoms in total. The van der Waals surface area contributed by atoms with Crippen molar-refractivity contribution in [3.63, 3.8) is 0 Å². The molecule has 0 aromatic heterocycles. The zero-order valence-corrected chi connectivity index (χ0v) is 14.9. The van der Waals surface area contributed by atoms with Gasteiger partial charge in [0.15, 0.2) is 5.96 Å². The van der Waals surface area contributed by atoms with Crippen LogP contribution in [-0.2, 0) is 0 Å². The third-order valence-electron chi connectivity index (χ3n) is 3.88. The van der Waals surface area contributed by atoms with E-state index >= 15 is 0 Å². The van der Waals surface area contributed by atoms with Crippen LogP contribution in [0, 0.1) is 0 Å². The van der Waals surface area contributed by atoms with Gasteiger partial charge in [-0.3, -0.25) is 4.99 Å². The summed E-state index contributed by atoms with van der Waals surface area (Å²) in [6.45, 7) is 3.05. The predicted molar refractivity (Wildman–Crippen MR) is 97.2 cm³/mol. The minimum atomic E-state index is 0.627. The van der Waals surface area contributed by atoms with E-state index in [1.54, 1.807) is 0 Å². The van der Waals surface area contributed by atoms with Gasteiger partial charge in [0.1, 0.15) is 0 Å². The summed E-state index contributed by atoms with van der Waals surface area (Å²) >= 11 is 7.70. The second-order valence-electron chi connectivity index (χ2n) is 5.46. The van der Waals surface area contributed by atoms with Crippen LogP contribution in [0.15, 0.2) is 34.2 Å². The van der Waals surface area contributed by atoms with Crippen LogP contribution >= 0.6 is 23.4 Å². The summed E-state index contributed by atoms with van der Waals surface area (Å²) < 4.78 is 0. The van der Waals surface area contributed by atoms with Crippen molar-refractivity contribution >= 4 is 29.3 Å². The Morgan fingerprint density at radius 2 is 2.14 bits per heavy atom. The highest BCUT2D eigenvalue weighted by molar-refractivity contribution is 7.99. The van der Waals surface area contributed by atoms with Gasteiger partial charge in [-0.2, -0.15) is 0 Å². The highest BCUT2D eigenvalue weighted by atomic mass is 35.5. The van der Waals surface area contributed by atoms with Gasteiger partial charge in [-0.25, -0.2) is 0 Å². The summed E-state index contributed by atoms with van der Waals surface area (Å²) in [5, 5.41) is 7.56. The normalized spacial score (nSPS) is 19.4. The quantitative estimate of drug-likeness (QED) is 0.361. The van der Waals surface area contributed by atoms with Crippen molar-refractivity contribution in [3.05, 3.63) is 29.3 Å². The van der Waals surface area contributed by atoms with E-state index in [2.05, 4.69) is 39.7 Å². The lowest BCUT2D eigenvalue weighted by Gasteiger charge is -2.21. The van der Waals surface area contributed by atoms with E-state index in [1.807, 2.05) is 30.9 Å². The molecule has 2 rings (SSSR count). The second-order valence-corrected chi connectivity index (χ2v) is 7.06. The molecule has 0 amide bonds. The molecule has 1 aliphatic rings. The number of hydrogen-bond acceptors (Lipinski definition) is 3. The fourth-order valence-corrected chi connectivity index (χ4v) is 3.44. The molecular formula is C16H25ClN4S. The Hall–Kier alpha value is -0.910. The lowest BCUT2D eigenvalue weighted by atomic mass is 10.2. The molecule has 6 heteroatoms. The van der Waals surface area contributed by atoms with Gasteiger partial charge in [-0.05, 0) is 50.7 Å². The van der Waals surface area contributed by atoms with Crippen LogP contribution in [0.25, 0.3) is 0 Å². The first-order chi connectivity index (χ1) is 10.7. The monoisotopic (exact) mass is 340 g/mol. The number of hydrogen-bond donors (Lipinski definition) is 2. The molecule has 0 saturated carbocycles. The van der Waals surface area contributed by atoms with E-state index in [1.165, 1.54) is 24.3 Å². The van der Waals surface area contributed by atoms with Gasteiger partial charge in [0, 0.05) is 41.8 Å². The number of guanidine groups is 1. The number of likely N-dealkylation sites (N-methyl/N-ethyl adjacent to an activating group) is 1. The molecule has 1 saturated heterocycles. The minimum absolute atomic E-state index is 0.627. The molecule has 1 heterocycles. The molecule has 1 aliphatic heterocycles. The summed E-state index contributed by atoms with van der Waals surface area (Å²) in [4.78, 5) is 7.93. The average molecular weight is 341 g/mol. The van der Waals surface area contributed by atoms with Gasteiger partial charge in [0.25, 0.3) is 0 Å². The molecule has 1 aromatic rings. The molecule has 1 aromatic carbocycles. The summed E-state index contributed by atoms with van der Waals surface area (Å²) in [6.07, 6.45) is 2.57. The summed E-state index contributed by atoms with van der Waals surface area (Å²) in [6, 6.07) is 8.58. The van der Waals surface area contributed by atoms with Gasteiger partial charge in [-0.15, -0.1) is 11.8 Å². The first kappa shape index (κ1) is 17.4. The van der Waals surface area contributed by atoms with Crippen LogP contribution in [-0.4, -0.2) is 56.4 Å². The molecule has 0 radical (unpaired) electrons. The van der Waals surface area contributed by atoms with Crippen molar-refractivity contribution in [2.75, 3.05) is 39.5 Å². The number of benzene rings is 1. The highest BCUT2D eigenvalue weighted by Gasteiger charge is 2.20. The van der Waals surface area contributed by atoms with Crippen molar-refractivity contribution < 1.29 is 0 Å². The van der Waals surface area contributed by atoms with Gasteiger partial charge < -0.3 is 15.5 Å². The Kier molecular flexibility index (Phi) is 7.36. The van der Waals surface area contributed by atoms with Crippen LogP contribution in [0.4, 0.5) is 0 Å². The molecule has 22 heavy (non-hydrogen) atoms. The Balaban J connectivity index is 1.63. The lowest BCUT2D eigenvalue weighted by molar-refractivity contribution is 0.309. The highest BCUT2D eigenvalue weighted by Crippen LogP contribution is 2.19. The van der Waals surface area contributed by atoms with Crippen LogP contribution in [0.5, 0.6) is 0 Å². The smallest absolute Gasteiger partial charge is 0.191 e. The molecular weight excluding hydrogens is 316 g/mol. The number of nitrogens with zero attached hydrogens (tertiary/aromatic N) is 2. The van der Waals surface area contributed by atoms with E-state index in [4.69, 9.17) is 11.6 Å². The summed E-state index contributed by atoms with van der Waals surface area (Å²) in [7, 11) is 4.01. The maximum absolute atomic E-state index is 5.88. The molecule has 0 aliphatic carbocycles. The predicted octanol–water partition coefficient (Wildman–Crippen LogP) is 2.69. The standard InChI is InChI=1S/C16H25ClN4S/c1-18-16(20-12-14-4-3-10-21(14)2)19-9-11-22-15-7-5-13(17)6-8-15/h5-8,14H,3-4,9-12H2,1-2H3,(H2,18,19,20). The molecule has 2 N–H and O–H groups in total. The third kappa shape index (κ3) is 5.71. The Labute approximate surface area is 142 Å². The van der Waals surface area contributed by atoms with Crippen LogP contribution in [0.1, 0.15) is 12.8 Å². The molecule has 0 bridgehead atoms. The maximum atomic E-state index is 5.88. The van der Waals surface area contributed by atoms with Crippen molar-refractivity contribution in [2.24, 2.45) is 4.99 Å². The van der Waals surface area contributed by atoms with E-state index in [-0.39, 0.29) is 0 Å². The van der Waals surface area contributed by atoms with Crippen molar-refractivity contribution in [3.8, 4) is 0 Å². The van der Waals surface area contributed by atoms with Gasteiger partial charge >= 0.3 is 0 Å². The summed E-state index contributed by atoms with van der Waals surface area (Å²) in [5.41, 5.74) is 0. The zero-order chi connectivity index (χ0) is 15.8. The number of thioether (sulfide) groups is 1. The number of halogens is 1. The van der Waals surface area contributed by atoms with Crippen molar-refractivity contribution in [1.29, 1.82) is 0 Å². The summed E-state index contributed by atoms with van der Waals surface area (Å²) in [5.74, 6) is 1.88. The third-order valence-corrected chi connectivity index (χ3v) is 5.14.